The quantitative estimate of drug-likeness (QED) is 0.742. The van der Waals surface area contributed by atoms with E-state index in [1.165, 1.54) is 11.3 Å². The highest BCUT2D eigenvalue weighted by Gasteiger charge is 2.17. The molecule has 0 saturated carbocycles. The van der Waals surface area contributed by atoms with Gasteiger partial charge in [0.2, 0.25) is 16.6 Å². The first-order chi connectivity index (χ1) is 7.16. The average Bonchev–Trinajstić information content (AvgIpc) is 2.75. The molecule has 3 N–H and O–H groups in total. The van der Waals surface area contributed by atoms with Crippen LogP contribution in [0.2, 0.25) is 0 Å². The van der Waals surface area contributed by atoms with Gasteiger partial charge in [0.05, 0.1) is 0 Å². The first-order valence-corrected chi connectivity index (χ1v) is 4.68. The summed E-state index contributed by atoms with van der Waals surface area (Å²) in [4.78, 5) is 11.5. The van der Waals surface area contributed by atoms with Crippen molar-refractivity contribution in [1.82, 2.24) is 20.5 Å². The van der Waals surface area contributed by atoms with Crippen LogP contribution >= 0.6 is 11.3 Å². The number of hydrogen-bond donors (Lipinski definition) is 2. The van der Waals surface area contributed by atoms with E-state index in [0.29, 0.717) is 5.13 Å². The van der Waals surface area contributed by atoms with Crippen molar-refractivity contribution in [3.8, 4) is 0 Å². The number of carbonyl (C=O) groups is 1. The van der Waals surface area contributed by atoms with Crippen molar-refractivity contribution in [2.24, 2.45) is 0 Å². The number of anilines is 2. The minimum atomic E-state index is -0.523. The van der Waals surface area contributed by atoms with Crippen molar-refractivity contribution in [3.05, 3.63) is 10.7 Å². The summed E-state index contributed by atoms with van der Waals surface area (Å²) in [6, 6.07) is 0. The number of rotatable bonds is 2. The van der Waals surface area contributed by atoms with Crippen molar-refractivity contribution < 1.29 is 9.42 Å². The number of aromatic nitrogens is 4. The molecule has 2 aromatic rings. The van der Waals surface area contributed by atoms with Crippen LogP contribution in [0, 0.1) is 6.92 Å². The molecule has 0 fully saturated rings. The smallest absolute Gasteiger partial charge is 0.283 e. The van der Waals surface area contributed by atoms with E-state index in [1.54, 1.807) is 6.92 Å². The fourth-order valence-electron chi connectivity index (χ4n) is 0.856. The molecule has 78 valence electrons. The molecule has 0 bridgehead atoms. The molecule has 0 unspecified atom stereocenters. The maximum atomic E-state index is 11.5. The van der Waals surface area contributed by atoms with Crippen LogP contribution in [0.15, 0.2) is 4.63 Å². The van der Waals surface area contributed by atoms with Gasteiger partial charge in [0, 0.05) is 0 Å². The Morgan fingerprint density at radius 1 is 1.47 bits per heavy atom. The fourth-order valence-corrected chi connectivity index (χ4v) is 1.44. The van der Waals surface area contributed by atoms with E-state index in [1.807, 2.05) is 0 Å². The van der Waals surface area contributed by atoms with Crippen molar-refractivity contribution in [3.63, 3.8) is 0 Å². The Labute approximate surface area is 87.5 Å². The third-order valence-corrected chi connectivity index (χ3v) is 2.23. The predicted molar refractivity (Wildman–Crippen MR) is 51.3 cm³/mol. The molecule has 2 aromatic heterocycles. The van der Waals surface area contributed by atoms with Gasteiger partial charge in [-0.15, -0.1) is 10.2 Å². The molecule has 0 aliphatic rings. The lowest BCUT2D eigenvalue weighted by Gasteiger charge is -1.95. The molecule has 8 nitrogen and oxygen atoms in total. The van der Waals surface area contributed by atoms with E-state index in [-0.39, 0.29) is 11.5 Å². The largest absolute Gasteiger partial charge is 0.379 e. The van der Waals surface area contributed by atoms with Gasteiger partial charge in [0.1, 0.15) is 5.01 Å². The monoisotopic (exact) mass is 226 g/mol. The third kappa shape index (κ3) is 1.91. The van der Waals surface area contributed by atoms with Crippen molar-refractivity contribution in [2.75, 3.05) is 11.1 Å². The number of amides is 1. The molecule has 0 atom stereocenters. The third-order valence-electron chi connectivity index (χ3n) is 1.48. The van der Waals surface area contributed by atoms with E-state index >= 15 is 0 Å². The van der Waals surface area contributed by atoms with Crippen molar-refractivity contribution in [2.45, 2.75) is 6.92 Å². The second-order valence-corrected chi connectivity index (χ2v) is 3.76. The number of nitrogens with zero attached hydrogens (tertiary/aromatic N) is 4. The van der Waals surface area contributed by atoms with Crippen LogP contribution in [0.5, 0.6) is 0 Å². The van der Waals surface area contributed by atoms with Gasteiger partial charge in [-0.3, -0.25) is 10.1 Å². The van der Waals surface area contributed by atoms with Gasteiger partial charge >= 0.3 is 0 Å². The molecule has 0 saturated heterocycles. The predicted octanol–water partition coefficient (Wildman–Crippen LogP) is 0.0640. The van der Waals surface area contributed by atoms with Gasteiger partial charge in [-0.1, -0.05) is 11.3 Å². The van der Waals surface area contributed by atoms with Gasteiger partial charge < -0.3 is 5.73 Å². The average molecular weight is 226 g/mol. The number of nitrogen functional groups attached to an aromatic ring is 1. The van der Waals surface area contributed by atoms with Crippen LogP contribution < -0.4 is 11.1 Å². The molecule has 0 aromatic carbocycles. The highest BCUT2D eigenvalue weighted by Crippen LogP contribution is 2.15. The van der Waals surface area contributed by atoms with Crippen LogP contribution in [0.1, 0.15) is 15.5 Å². The Bertz CT molecular complexity index is 491. The number of nitrogens with two attached hydrogens (primary N) is 1. The normalized spacial score (nSPS) is 10.2. The summed E-state index contributed by atoms with van der Waals surface area (Å²) in [7, 11) is 0. The van der Waals surface area contributed by atoms with Crippen molar-refractivity contribution >= 4 is 28.2 Å². The van der Waals surface area contributed by atoms with Crippen LogP contribution in [-0.4, -0.2) is 26.4 Å². The summed E-state index contributed by atoms with van der Waals surface area (Å²) in [5.74, 6) is -0.585. The standard InChI is InChI=1S/C6H6N6O2S/c1-2-9-10-6(15-2)8-5(13)3-4(7)12-14-11-3/h1H3,(H2,7,12)(H,8,10,13). The zero-order chi connectivity index (χ0) is 10.8. The molecule has 15 heavy (non-hydrogen) atoms. The maximum absolute atomic E-state index is 11.5. The Balaban J connectivity index is 2.14. The molecule has 0 spiro atoms. The highest BCUT2D eigenvalue weighted by atomic mass is 32.1. The molecule has 0 aliphatic carbocycles. The van der Waals surface area contributed by atoms with E-state index in [2.05, 4.69) is 30.5 Å². The second kappa shape index (κ2) is 3.61. The Morgan fingerprint density at radius 3 is 2.80 bits per heavy atom. The van der Waals surface area contributed by atoms with E-state index < -0.39 is 5.91 Å². The maximum Gasteiger partial charge on any atom is 0.283 e. The molecule has 9 heteroatoms. The van der Waals surface area contributed by atoms with Crippen LogP contribution in [0.3, 0.4) is 0 Å². The number of aryl methyl sites for hydroxylation is 1. The number of nitrogens with one attached hydrogen (secondary N) is 1. The summed E-state index contributed by atoms with van der Waals surface area (Å²) >= 11 is 1.25. The fraction of sp³-hybridized carbons (Fsp3) is 0.167. The SMILES string of the molecule is Cc1nnc(NC(=O)c2nonc2N)s1. The van der Waals surface area contributed by atoms with Gasteiger partial charge in [0.25, 0.3) is 5.91 Å². The van der Waals surface area contributed by atoms with Gasteiger partial charge in [-0.05, 0) is 17.2 Å². The summed E-state index contributed by atoms with van der Waals surface area (Å²) in [5, 5.41) is 17.7. The second-order valence-electron chi connectivity index (χ2n) is 2.58. The molecule has 0 aliphatic heterocycles. The number of hydrogen-bond acceptors (Lipinski definition) is 8. The summed E-state index contributed by atoms with van der Waals surface area (Å²) in [5.41, 5.74) is 5.27. The number of carbonyl (C=O) groups excluding carboxylic acids is 1. The topological polar surface area (TPSA) is 120 Å². The van der Waals surface area contributed by atoms with E-state index in [0.717, 1.165) is 5.01 Å². The lowest BCUT2D eigenvalue weighted by atomic mass is 10.4. The first kappa shape index (κ1) is 9.52. The highest BCUT2D eigenvalue weighted by molar-refractivity contribution is 7.15. The molecule has 2 heterocycles. The summed E-state index contributed by atoms with van der Waals surface area (Å²) in [6.45, 7) is 1.78. The minimum absolute atomic E-state index is 0.0614. The van der Waals surface area contributed by atoms with Gasteiger partial charge in [0.15, 0.2) is 0 Å². The zero-order valence-corrected chi connectivity index (χ0v) is 8.41. The Morgan fingerprint density at radius 2 is 2.27 bits per heavy atom. The van der Waals surface area contributed by atoms with E-state index in [9.17, 15) is 4.79 Å². The van der Waals surface area contributed by atoms with Crippen LogP contribution in [0.25, 0.3) is 0 Å². The lowest BCUT2D eigenvalue weighted by molar-refractivity contribution is 0.101. The minimum Gasteiger partial charge on any atom is -0.379 e. The first-order valence-electron chi connectivity index (χ1n) is 3.86. The molecule has 0 radical (unpaired) electrons. The molecular formula is C6H6N6O2S. The Kier molecular flexibility index (Phi) is 2.29. The van der Waals surface area contributed by atoms with Crippen LogP contribution in [0.4, 0.5) is 10.9 Å². The zero-order valence-electron chi connectivity index (χ0n) is 7.59. The van der Waals surface area contributed by atoms with Crippen LogP contribution in [-0.2, 0) is 0 Å². The van der Waals surface area contributed by atoms with Gasteiger partial charge in [-0.25, -0.2) is 4.63 Å². The molecular weight excluding hydrogens is 220 g/mol. The molecule has 2 rings (SSSR count). The van der Waals surface area contributed by atoms with Crippen molar-refractivity contribution in [1.29, 1.82) is 0 Å². The summed E-state index contributed by atoms with van der Waals surface area (Å²) < 4.78 is 4.29. The summed E-state index contributed by atoms with van der Waals surface area (Å²) in [6.07, 6.45) is 0. The van der Waals surface area contributed by atoms with Gasteiger partial charge in [-0.2, -0.15) is 0 Å². The molecule has 1 amide bonds. The van der Waals surface area contributed by atoms with E-state index in [4.69, 9.17) is 5.73 Å². The Hall–Kier alpha value is -2.03. The lowest BCUT2D eigenvalue weighted by Crippen LogP contribution is -2.14.